The zero-order valence-electron chi connectivity index (χ0n) is 15.9. The summed E-state index contributed by atoms with van der Waals surface area (Å²) in [7, 11) is 0. The number of nitrogens with one attached hydrogen (secondary N) is 2. The first-order valence-corrected chi connectivity index (χ1v) is 10.1. The van der Waals surface area contributed by atoms with Gasteiger partial charge in [-0.05, 0) is 56.8 Å². The zero-order chi connectivity index (χ0) is 17.6. The van der Waals surface area contributed by atoms with Crippen molar-refractivity contribution in [3.05, 3.63) is 34.9 Å². The van der Waals surface area contributed by atoms with Crippen molar-refractivity contribution in [2.45, 2.75) is 57.5 Å². The molecular formula is C20H32ClIN4. The second-order valence-electron chi connectivity index (χ2n) is 7.23. The quantitative estimate of drug-likeness (QED) is 0.356. The van der Waals surface area contributed by atoms with Crippen LogP contribution in [0.15, 0.2) is 29.3 Å². The minimum Gasteiger partial charge on any atom is -0.354 e. The molecule has 6 heteroatoms. The fraction of sp³-hybridized carbons (Fsp3) is 0.650. The summed E-state index contributed by atoms with van der Waals surface area (Å²) in [5.74, 6) is 1.53. The molecule has 0 aromatic heterocycles. The number of aliphatic imine (C=N–C) groups is 1. The Morgan fingerprint density at radius 2 is 2.00 bits per heavy atom. The fourth-order valence-corrected chi connectivity index (χ4v) is 3.94. The van der Waals surface area contributed by atoms with Crippen LogP contribution in [-0.2, 0) is 0 Å². The predicted molar refractivity (Wildman–Crippen MR) is 122 cm³/mol. The third kappa shape index (κ3) is 6.27. The molecule has 0 spiro atoms. The zero-order valence-corrected chi connectivity index (χ0v) is 19.0. The van der Waals surface area contributed by atoms with Crippen molar-refractivity contribution in [3.63, 3.8) is 0 Å². The lowest BCUT2D eigenvalue weighted by molar-refractivity contribution is 0.206. The highest BCUT2D eigenvalue weighted by molar-refractivity contribution is 14.0. The molecule has 1 saturated carbocycles. The van der Waals surface area contributed by atoms with E-state index >= 15 is 0 Å². The van der Waals surface area contributed by atoms with Crippen LogP contribution in [0, 0.1) is 0 Å². The molecule has 2 unspecified atom stereocenters. The van der Waals surface area contributed by atoms with Gasteiger partial charge in [0.1, 0.15) is 0 Å². The Balaban J connectivity index is 0.00000243. The summed E-state index contributed by atoms with van der Waals surface area (Å²) in [6, 6.07) is 9.24. The van der Waals surface area contributed by atoms with Crippen molar-refractivity contribution >= 4 is 41.5 Å². The summed E-state index contributed by atoms with van der Waals surface area (Å²) in [6.45, 7) is 8.77. The monoisotopic (exact) mass is 490 g/mol. The van der Waals surface area contributed by atoms with Gasteiger partial charge in [0.15, 0.2) is 5.96 Å². The standard InChI is InChI=1S/C20H31ClN4.HI/c1-3-10-25-11-8-17(9-12-25)23-20(22-4-2)24-19-14-18(19)15-6-5-7-16(21)13-15;/h5-7,13,17-19H,3-4,8-12,14H2,1-2H3,(H2,22,23,24);1H. The van der Waals surface area contributed by atoms with Gasteiger partial charge >= 0.3 is 0 Å². The molecule has 2 fully saturated rings. The van der Waals surface area contributed by atoms with E-state index in [1.54, 1.807) is 0 Å². The molecule has 2 aliphatic rings. The smallest absolute Gasteiger partial charge is 0.191 e. The van der Waals surface area contributed by atoms with Gasteiger partial charge in [-0.1, -0.05) is 30.7 Å². The lowest BCUT2D eigenvalue weighted by atomic mass is 10.1. The van der Waals surface area contributed by atoms with Gasteiger partial charge in [0.2, 0.25) is 0 Å². The first-order chi connectivity index (χ1) is 12.2. The molecule has 1 saturated heterocycles. The van der Waals surface area contributed by atoms with E-state index in [4.69, 9.17) is 11.6 Å². The van der Waals surface area contributed by atoms with E-state index in [-0.39, 0.29) is 24.0 Å². The van der Waals surface area contributed by atoms with E-state index in [9.17, 15) is 0 Å². The van der Waals surface area contributed by atoms with Crippen LogP contribution >= 0.6 is 35.6 Å². The number of rotatable bonds is 6. The third-order valence-corrected chi connectivity index (χ3v) is 5.41. The van der Waals surface area contributed by atoms with Gasteiger partial charge in [-0.15, -0.1) is 24.0 Å². The molecular weight excluding hydrogens is 459 g/mol. The van der Waals surface area contributed by atoms with E-state index in [1.807, 2.05) is 12.1 Å². The third-order valence-electron chi connectivity index (χ3n) is 5.17. The van der Waals surface area contributed by atoms with E-state index in [0.717, 1.165) is 23.9 Å². The molecule has 4 nitrogen and oxygen atoms in total. The van der Waals surface area contributed by atoms with Gasteiger partial charge in [-0.3, -0.25) is 4.99 Å². The molecule has 1 aromatic rings. The maximum atomic E-state index is 6.12. The van der Waals surface area contributed by atoms with Crippen LogP contribution in [-0.4, -0.2) is 49.1 Å². The van der Waals surface area contributed by atoms with E-state index in [1.165, 1.54) is 44.5 Å². The minimum atomic E-state index is 0. The average molecular weight is 491 g/mol. The summed E-state index contributed by atoms with van der Waals surface area (Å²) in [5.41, 5.74) is 1.33. The van der Waals surface area contributed by atoms with Crippen LogP contribution in [0.5, 0.6) is 0 Å². The van der Waals surface area contributed by atoms with Gasteiger partial charge in [0.05, 0.1) is 0 Å². The van der Waals surface area contributed by atoms with Crippen LogP contribution in [0.2, 0.25) is 5.02 Å². The highest BCUT2D eigenvalue weighted by Crippen LogP contribution is 2.41. The first kappa shape index (κ1) is 21.8. The number of likely N-dealkylation sites (tertiary alicyclic amines) is 1. The summed E-state index contributed by atoms with van der Waals surface area (Å²) in [5, 5.41) is 8.11. The van der Waals surface area contributed by atoms with Crippen LogP contribution in [0.4, 0.5) is 0 Å². The van der Waals surface area contributed by atoms with Gasteiger partial charge in [0, 0.05) is 42.7 Å². The number of guanidine groups is 1. The summed E-state index contributed by atoms with van der Waals surface area (Å²) in [6.07, 6.45) is 4.80. The number of hydrogen-bond donors (Lipinski definition) is 2. The number of hydrogen-bond acceptors (Lipinski definition) is 2. The Morgan fingerprint density at radius 1 is 1.23 bits per heavy atom. The van der Waals surface area contributed by atoms with Crippen molar-refractivity contribution in [2.75, 3.05) is 26.2 Å². The topological polar surface area (TPSA) is 39.7 Å². The Bertz CT molecular complexity index is 587. The highest BCUT2D eigenvalue weighted by atomic mass is 127. The van der Waals surface area contributed by atoms with Crippen molar-refractivity contribution in [3.8, 4) is 0 Å². The molecule has 1 aliphatic heterocycles. The van der Waals surface area contributed by atoms with E-state index in [2.05, 4.69) is 46.5 Å². The largest absolute Gasteiger partial charge is 0.354 e. The predicted octanol–water partition coefficient (Wildman–Crippen LogP) is 4.24. The van der Waals surface area contributed by atoms with Crippen LogP contribution in [0.25, 0.3) is 0 Å². The lowest BCUT2D eigenvalue weighted by Gasteiger charge is -2.33. The molecule has 1 aromatic carbocycles. The van der Waals surface area contributed by atoms with Crippen LogP contribution in [0.3, 0.4) is 0 Å². The Hall–Kier alpha value is -0.530. The number of piperidine rings is 1. The Kier molecular flexibility index (Phi) is 8.97. The van der Waals surface area contributed by atoms with Crippen molar-refractivity contribution in [2.24, 2.45) is 4.99 Å². The summed E-state index contributed by atoms with van der Waals surface area (Å²) in [4.78, 5) is 7.22. The number of halogens is 2. The van der Waals surface area contributed by atoms with Crippen LogP contribution < -0.4 is 10.6 Å². The first-order valence-electron chi connectivity index (χ1n) is 9.75. The molecule has 1 heterocycles. The van der Waals surface area contributed by atoms with Gasteiger partial charge in [-0.2, -0.15) is 0 Å². The van der Waals surface area contributed by atoms with Crippen molar-refractivity contribution in [1.29, 1.82) is 0 Å². The summed E-state index contributed by atoms with van der Waals surface area (Å²) >= 11 is 6.12. The molecule has 0 amide bonds. The maximum Gasteiger partial charge on any atom is 0.191 e. The molecule has 3 rings (SSSR count). The Morgan fingerprint density at radius 3 is 2.65 bits per heavy atom. The molecule has 2 N–H and O–H groups in total. The SMILES string of the molecule is CCCN1CCC(NC(=NCC)NC2CC2c2cccc(Cl)c2)CC1.I. The molecule has 1 aliphatic carbocycles. The van der Waals surface area contributed by atoms with Crippen molar-refractivity contribution in [1.82, 2.24) is 15.5 Å². The van der Waals surface area contributed by atoms with Gasteiger partial charge in [-0.25, -0.2) is 0 Å². The number of benzene rings is 1. The minimum absolute atomic E-state index is 0. The maximum absolute atomic E-state index is 6.12. The highest BCUT2D eigenvalue weighted by Gasteiger charge is 2.39. The second-order valence-corrected chi connectivity index (χ2v) is 7.67. The molecule has 26 heavy (non-hydrogen) atoms. The molecule has 0 radical (unpaired) electrons. The number of nitrogens with zero attached hydrogens (tertiary/aromatic N) is 2. The van der Waals surface area contributed by atoms with Crippen LogP contribution in [0.1, 0.15) is 51.0 Å². The second kappa shape index (κ2) is 10.7. The average Bonchev–Trinajstić information content (AvgIpc) is 3.36. The Labute approximate surface area is 180 Å². The van der Waals surface area contributed by atoms with Gasteiger partial charge < -0.3 is 15.5 Å². The molecule has 0 bridgehead atoms. The van der Waals surface area contributed by atoms with Crippen molar-refractivity contribution < 1.29 is 0 Å². The lowest BCUT2D eigenvalue weighted by Crippen LogP contribution is -2.49. The normalized spacial score (nSPS) is 24.0. The van der Waals surface area contributed by atoms with Gasteiger partial charge in [0.25, 0.3) is 0 Å². The van der Waals surface area contributed by atoms with E-state index < -0.39 is 0 Å². The van der Waals surface area contributed by atoms with E-state index in [0.29, 0.717) is 18.0 Å². The summed E-state index contributed by atoms with van der Waals surface area (Å²) < 4.78 is 0. The molecule has 2 atom stereocenters. The molecule has 146 valence electrons. The fourth-order valence-electron chi connectivity index (χ4n) is 3.74.